The van der Waals surface area contributed by atoms with E-state index in [-0.39, 0.29) is 11.9 Å². The van der Waals surface area contributed by atoms with E-state index in [9.17, 15) is 9.59 Å². The van der Waals surface area contributed by atoms with E-state index in [1.165, 1.54) is 7.11 Å². The summed E-state index contributed by atoms with van der Waals surface area (Å²) in [6.45, 7) is 4.17. The Morgan fingerprint density at radius 2 is 2.11 bits per heavy atom. The summed E-state index contributed by atoms with van der Waals surface area (Å²) in [6.07, 6.45) is 0.764. The number of amides is 1. The fourth-order valence-electron chi connectivity index (χ4n) is 3.40. The number of aryl methyl sites for hydroxylation is 1. The first-order chi connectivity index (χ1) is 13.5. The number of methoxy groups -OCH3 is 1. The van der Waals surface area contributed by atoms with Crippen LogP contribution in [0.1, 0.15) is 28.7 Å². The van der Waals surface area contributed by atoms with Gasteiger partial charge < -0.3 is 20.4 Å². The van der Waals surface area contributed by atoms with Crippen molar-refractivity contribution in [1.82, 2.24) is 20.3 Å². The molecule has 1 aliphatic rings. The number of aromatic amines is 1. The molecule has 8 nitrogen and oxygen atoms in total. The molecule has 3 aromatic rings. The predicted molar refractivity (Wildman–Crippen MR) is 105 cm³/mol. The molecule has 2 aromatic heterocycles. The minimum Gasteiger partial charge on any atom is -0.467 e. The molecule has 1 amide bonds. The first-order valence-electron chi connectivity index (χ1n) is 9.10. The van der Waals surface area contributed by atoms with Crippen molar-refractivity contribution in [3.05, 3.63) is 41.2 Å². The minimum absolute atomic E-state index is 0.0693. The molecule has 0 saturated heterocycles. The van der Waals surface area contributed by atoms with Crippen LogP contribution in [-0.2, 0) is 16.0 Å². The topological polar surface area (TPSA) is 109 Å². The van der Waals surface area contributed by atoms with Gasteiger partial charge in [-0.1, -0.05) is 12.1 Å². The van der Waals surface area contributed by atoms with Crippen molar-refractivity contribution in [2.24, 2.45) is 0 Å². The highest BCUT2D eigenvalue weighted by molar-refractivity contribution is 5.99. The Morgan fingerprint density at radius 3 is 2.86 bits per heavy atom. The van der Waals surface area contributed by atoms with E-state index in [2.05, 4.69) is 20.6 Å². The molecule has 3 heterocycles. The van der Waals surface area contributed by atoms with Gasteiger partial charge in [0.25, 0.3) is 5.91 Å². The van der Waals surface area contributed by atoms with Crippen LogP contribution in [0.5, 0.6) is 0 Å². The van der Waals surface area contributed by atoms with Gasteiger partial charge in [0.2, 0.25) is 0 Å². The predicted octanol–water partition coefficient (Wildman–Crippen LogP) is 2.19. The molecule has 3 N–H and O–H groups in total. The number of esters is 1. The third-order valence-electron chi connectivity index (χ3n) is 4.87. The lowest BCUT2D eigenvalue weighted by molar-refractivity contribution is -0.141. The molecule has 0 bridgehead atoms. The maximum Gasteiger partial charge on any atom is 0.328 e. The van der Waals surface area contributed by atoms with E-state index in [0.717, 1.165) is 28.9 Å². The highest BCUT2D eigenvalue weighted by Gasteiger charge is 2.22. The van der Waals surface area contributed by atoms with Gasteiger partial charge in [-0.3, -0.25) is 4.79 Å². The van der Waals surface area contributed by atoms with Gasteiger partial charge in [-0.05, 0) is 26.0 Å². The largest absolute Gasteiger partial charge is 0.467 e. The van der Waals surface area contributed by atoms with Crippen LogP contribution >= 0.6 is 0 Å². The Morgan fingerprint density at radius 1 is 1.29 bits per heavy atom. The first-order valence-corrected chi connectivity index (χ1v) is 9.10. The highest BCUT2D eigenvalue weighted by atomic mass is 16.5. The minimum atomic E-state index is -0.552. The first kappa shape index (κ1) is 18.0. The summed E-state index contributed by atoms with van der Waals surface area (Å²) in [7, 11) is 1.35. The van der Waals surface area contributed by atoms with E-state index in [0.29, 0.717) is 29.1 Å². The maximum atomic E-state index is 12.1. The van der Waals surface area contributed by atoms with E-state index in [1.54, 1.807) is 6.92 Å². The van der Waals surface area contributed by atoms with Crippen molar-refractivity contribution in [3.63, 3.8) is 0 Å². The standard InChI is InChI=1S/C20H21N5O3/c1-10-18(23-11(2)20(27)28-3)25-17-12(5-4-6-15(17)22-10)16-9-13-14(24-16)7-8-21-19(13)26/h4-6,9,11,24H,7-8H2,1-3H3,(H,21,26)(H,23,25). The normalized spacial score (nSPS) is 14.3. The number of para-hydroxylation sites is 1. The van der Waals surface area contributed by atoms with Crippen LogP contribution in [0, 0.1) is 6.92 Å². The Bertz CT molecular complexity index is 1090. The van der Waals surface area contributed by atoms with Crippen LogP contribution in [0.2, 0.25) is 0 Å². The zero-order chi connectivity index (χ0) is 19.8. The summed E-state index contributed by atoms with van der Waals surface area (Å²) >= 11 is 0. The summed E-state index contributed by atoms with van der Waals surface area (Å²) < 4.78 is 4.77. The quantitative estimate of drug-likeness (QED) is 0.600. The molecule has 1 aromatic carbocycles. The molecule has 0 aliphatic carbocycles. The zero-order valence-electron chi connectivity index (χ0n) is 15.9. The fourth-order valence-corrected chi connectivity index (χ4v) is 3.40. The summed E-state index contributed by atoms with van der Waals surface area (Å²) in [5, 5.41) is 5.92. The molecule has 0 saturated carbocycles. The molecule has 0 fully saturated rings. The summed E-state index contributed by atoms with van der Waals surface area (Å²) in [4.78, 5) is 36.5. The van der Waals surface area contributed by atoms with Crippen molar-refractivity contribution in [2.45, 2.75) is 26.3 Å². The van der Waals surface area contributed by atoms with Crippen molar-refractivity contribution in [2.75, 3.05) is 19.0 Å². The van der Waals surface area contributed by atoms with Crippen LogP contribution in [0.3, 0.4) is 0 Å². The molecule has 0 spiro atoms. The van der Waals surface area contributed by atoms with Crippen molar-refractivity contribution < 1.29 is 14.3 Å². The van der Waals surface area contributed by atoms with Gasteiger partial charge in [-0.15, -0.1) is 0 Å². The zero-order valence-corrected chi connectivity index (χ0v) is 15.9. The Hall–Kier alpha value is -3.42. The number of rotatable bonds is 4. The molecular weight excluding hydrogens is 358 g/mol. The van der Waals surface area contributed by atoms with Gasteiger partial charge in [0.1, 0.15) is 17.4 Å². The molecule has 8 heteroatoms. The SMILES string of the molecule is COC(=O)C(C)Nc1nc2c(-c3cc4c([nH]3)CCNC4=O)cccc2nc1C. The number of anilines is 1. The second-order valence-electron chi connectivity index (χ2n) is 6.80. The van der Waals surface area contributed by atoms with Gasteiger partial charge in [0, 0.05) is 29.9 Å². The monoisotopic (exact) mass is 379 g/mol. The van der Waals surface area contributed by atoms with Crippen LogP contribution in [-0.4, -0.2) is 46.5 Å². The number of nitrogens with zero attached hydrogens (tertiary/aromatic N) is 2. The smallest absolute Gasteiger partial charge is 0.328 e. The second-order valence-corrected chi connectivity index (χ2v) is 6.80. The number of carbonyl (C=O) groups excluding carboxylic acids is 2. The fraction of sp³-hybridized carbons (Fsp3) is 0.300. The molecule has 1 unspecified atom stereocenters. The van der Waals surface area contributed by atoms with Gasteiger partial charge in [-0.2, -0.15) is 0 Å². The Balaban J connectivity index is 1.80. The Labute approximate surface area is 161 Å². The van der Waals surface area contributed by atoms with Gasteiger partial charge in [0.05, 0.1) is 23.9 Å². The number of benzene rings is 1. The number of nitrogens with one attached hydrogen (secondary N) is 3. The summed E-state index contributed by atoms with van der Waals surface area (Å²) in [6, 6.07) is 7.04. The Kier molecular flexibility index (Phi) is 4.46. The number of hydrogen-bond donors (Lipinski definition) is 3. The van der Waals surface area contributed by atoms with Crippen LogP contribution < -0.4 is 10.6 Å². The van der Waals surface area contributed by atoms with Crippen molar-refractivity contribution in [3.8, 4) is 11.3 Å². The van der Waals surface area contributed by atoms with Crippen LogP contribution in [0.4, 0.5) is 5.82 Å². The lowest BCUT2D eigenvalue weighted by Gasteiger charge is -2.15. The lowest BCUT2D eigenvalue weighted by Crippen LogP contribution is -2.31. The number of fused-ring (bicyclic) bond motifs is 2. The number of ether oxygens (including phenoxy) is 1. The molecule has 4 rings (SSSR count). The van der Waals surface area contributed by atoms with E-state index < -0.39 is 6.04 Å². The number of hydrogen-bond acceptors (Lipinski definition) is 6. The molecular formula is C20H21N5O3. The third kappa shape index (κ3) is 3.06. The highest BCUT2D eigenvalue weighted by Crippen LogP contribution is 2.30. The molecule has 28 heavy (non-hydrogen) atoms. The number of aromatic nitrogens is 3. The van der Waals surface area contributed by atoms with E-state index in [4.69, 9.17) is 9.72 Å². The second kappa shape index (κ2) is 6.95. The van der Waals surface area contributed by atoms with Crippen LogP contribution in [0.15, 0.2) is 24.3 Å². The van der Waals surface area contributed by atoms with Gasteiger partial charge in [0.15, 0.2) is 0 Å². The van der Waals surface area contributed by atoms with E-state index in [1.807, 2.05) is 31.2 Å². The van der Waals surface area contributed by atoms with Gasteiger partial charge >= 0.3 is 5.97 Å². The lowest BCUT2D eigenvalue weighted by atomic mass is 10.1. The molecule has 1 atom stereocenters. The average molecular weight is 379 g/mol. The van der Waals surface area contributed by atoms with Gasteiger partial charge in [-0.25, -0.2) is 14.8 Å². The summed E-state index contributed by atoms with van der Waals surface area (Å²) in [5.74, 6) is 0.0738. The van der Waals surface area contributed by atoms with E-state index >= 15 is 0 Å². The summed E-state index contributed by atoms with van der Waals surface area (Å²) in [5.41, 5.74) is 5.36. The third-order valence-corrected chi connectivity index (χ3v) is 4.87. The maximum absolute atomic E-state index is 12.1. The van der Waals surface area contributed by atoms with Crippen LogP contribution in [0.25, 0.3) is 22.3 Å². The number of carbonyl (C=O) groups is 2. The molecule has 1 aliphatic heterocycles. The molecule has 144 valence electrons. The number of H-pyrrole nitrogens is 1. The average Bonchev–Trinajstić information content (AvgIpc) is 3.13. The molecule has 0 radical (unpaired) electrons. The van der Waals surface area contributed by atoms with Crippen molar-refractivity contribution >= 4 is 28.7 Å². The van der Waals surface area contributed by atoms with Crippen molar-refractivity contribution in [1.29, 1.82) is 0 Å².